The van der Waals surface area contributed by atoms with Crippen LogP contribution in [0, 0.1) is 0 Å². The molecule has 3 nitrogen and oxygen atoms in total. The number of thioether (sulfide) groups is 1. The van der Waals surface area contributed by atoms with Gasteiger partial charge in [0.05, 0.1) is 11.7 Å². The number of benzene rings is 2. The quantitative estimate of drug-likeness (QED) is 0.769. The third kappa shape index (κ3) is 4.19. The topological polar surface area (TPSA) is 38.3 Å². The summed E-state index contributed by atoms with van der Waals surface area (Å²) in [5.74, 6) is 0.849. The summed E-state index contributed by atoms with van der Waals surface area (Å²) < 4.78 is 5.68. The van der Waals surface area contributed by atoms with Gasteiger partial charge in [0, 0.05) is 22.9 Å². The van der Waals surface area contributed by atoms with Gasteiger partial charge in [0.25, 0.3) is 5.91 Å². The van der Waals surface area contributed by atoms with Crippen molar-refractivity contribution in [3.05, 3.63) is 59.7 Å². The molecular formula is C20H23NO2S. The minimum Gasteiger partial charge on any atom is -0.377 e. The summed E-state index contributed by atoms with van der Waals surface area (Å²) in [6.45, 7) is 2.96. The molecule has 0 aliphatic carbocycles. The molecule has 0 spiro atoms. The minimum absolute atomic E-state index is 0.0497. The molecule has 0 bridgehead atoms. The number of rotatable bonds is 6. The van der Waals surface area contributed by atoms with Crippen LogP contribution in [0.2, 0.25) is 0 Å². The Labute approximate surface area is 147 Å². The third-order valence-electron chi connectivity index (χ3n) is 4.23. The van der Waals surface area contributed by atoms with E-state index in [2.05, 4.69) is 12.2 Å². The van der Waals surface area contributed by atoms with E-state index >= 15 is 0 Å². The second-order valence-corrected chi connectivity index (χ2v) is 6.97. The highest BCUT2D eigenvalue weighted by molar-refractivity contribution is 7.99. The summed E-state index contributed by atoms with van der Waals surface area (Å²) in [7, 11) is 0. The van der Waals surface area contributed by atoms with Gasteiger partial charge >= 0.3 is 0 Å². The van der Waals surface area contributed by atoms with Crippen LogP contribution in [0.5, 0.6) is 0 Å². The molecule has 3 rings (SSSR count). The summed E-state index contributed by atoms with van der Waals surface area (Å²) in [6, 6.07) is 15.8. The highest BCUT2D eigenvalue weighted by Gasteiger charge is 2.18. The van der Waals surface area contributed by atoms with Crippen molar-refractivity contribution < 1.29 is 9.53 Å². The van der Waals surface area contributed by atoms with Gasteiger partial charge in [0.1, 0.15) is 0 Å². The highest BCUT2D eigenvalue weighted by atomic mass is 32.2. The van der Waals surface area contributed by atoms with Crippen molar-refractivity contribution in [2.75, 3.05) is 17.7 Å². The fraction of sp³-hybridized carbons (Fsp3) is 0.350. The SMILES string of the molecule is CCc1ccccc1NC(=O)c1ccccc1SCC1CCCO1. The molecule has 1 aliphatic rings. The van der Waals surface area contributed by atoms with Crippen molar-refractivity contribution in [3.63, 3.8) is 0 Å². The molecule has 1 heterocycles. The maximum atomic E-state index is 12.7. The maximum Gasteiger partial charge on any atom is 0.256 e. The Morgan fingerprint density at radius 2 is 2.00 bits per heavy atom. The molecule has 0 radical (unpaired) electrons. The molecular weight excluding hydrogens is 318 g/mol. The predicted octanol–water partition coefficient (Wildman–Crippen LogP) is 4.77. The van der Waals surface area contributed by atoms with Crippen molar-refractivity contribution in [2.24, 2.45) is 0 Å². The molecule has 2 aromatic rings. The van der Waals surface area contributed by atoms with Gasteiger partial charge in [0.15, 0.2) is 0 Å². The van der Waals surface area contributed by atoms with E-state index < -0.39 is 0 Å². The Balaban J connectivity index is 1.72. The molecule has 1 amide bonds. The first-order valence-electron chi connectivity index (χ1n) is 8.50. The average molecular weight is 341 g/mol. The van der Waals surface area contributed by atoms with Crippen molar-refractivity contribution in [1.29, 1.82) is 0 Å². The van der Waals surface area contributed by atoms with Crippen LogP contribution in [-0.2, 0) is 11.2 Å². The van der Waals surface area contributed by atoms with E-state index in [-0.39, 0.29) is 5.91 Å². The molecule has 126 valence electrons. The first-order valence-corrected chi connectivity index (χ1v) is 9.49. The van der Waals surface area contributed by atoms with Crippen LogP contribution in [0.4, 0.5) is 5.69 Å². The number of aryl methyl sites for hydroxylation is 1. The number of carbonyl (C=O) groups excluding carboxylic acids is 1. The third-order valence-corrected chi connectivity index (χ3v) is 5.43. The van der Waals surface area contributed by atoms with E-state index in [1.165, 1.54) is 0 Å². The van der Waals surface area contributed by atoms with Gasteiger partial charge in [-0.15, -0.1) is 11.8 Å². The molecule has 1 fully saturated rings. The Kier molecular flexibility index (Phi) is 5.94. The zero-order valence-electron chi connectivity index (χ0n) is 14.0. The van der Waals surface area contributed by atoms with Crippen molar-refractivity contribution in [1.82, 2.24) is 0 Å². The normalized spacial score (nSPS) is 17.0. The molecule has 2 aromatic carbocycles. The van der Waals surface area contributed by atoms with E-state index in [9.17, 15) is 4.79 Å². The van der Waals surface area contributed by atoms with Gasteiger partial charge in [-0.1, -0.05) is 37.3 Å². The van der Waals surface area contributed by atoms with Crippen molar-refractivity contribution in [3.8, 4) is 0 Å². The smallest absolute Gasteiger partial charge is 0.256 e. The number of ether oxygens (including phenoxy) is 1. The fourth-order valence-corrected chi connectivity index (χ4v) is 4.00. The van der Waals surface area contributed by atoms with Crippen LogP contribution in [-0.4, -0.2) is 24.4 Å². The first-order chi connectivity index (χ1) is 11.8. The van der Waals surface area contributed by atoms with Crippen LogP contribution >= 0.6 is 11.8 Å². The standard InChI is InChI=1S/C20H23NO2S/c1-2-15-8-3-5-11-18(15)21-20(22)17-10-4-6-12-19(17)24-14-16-9-7-13-23-16/h3-6,8,10-12,16H,2,7,9,13-14H2,1H3,(H,21,22). The summed E-state index contributed by atoms with van der Waals surface area (Å²) in [5, 5.41) is 3.06. The molecule has 0 aromatic heterocycles. The van der Waals surface area contributed by atoms with E-state index in [4.69, 9.17) is 4.74 Å². The second kappa shape index (κ2) is 8.36. The Morgan fingerprint density at radius 3 is 2.79 bits per heavy atom. The van der Waals surface area contributed by atoms with Crippen molar-refractivity contribution in [2.45, 2.75) is 37.2 Å². The first kappa shape index (κ1) is 17.1. The Bertz CT molecular complexity index is 696. The number of hydrogen-bond acceptors (Lipinski definition) is 3. The van der Waals surface area contributed by atoms with E-state index in [1.54, 1.807) is 11.8 Å². The van der Waals surface area contributed by atoms with Crippen LogP contribution < -0.4 is 5.32 Å². The number of anilines is 1. The van der Waals surface area contributed by atoms with E-state index in [1.807, 2.05) is 48.5 Å². The number of carbonyl (C=O) groups is 1. The summed E-state index contributed by atoms with van der Waals surface area (Å²) in [6.07, 6.45) is 3.46. The van der Waals surface area contributed by atoms with Gasteiger partial charge < -0.3 is 10.1 Å². The average Bonchev–Trinajstić information content (AvgIpc) is 3.14. The van der Waals surface area contributed by atoms with Crippen LogP contribution in [0.3, 0.4) is 0 Å². The number of amides is 1. The fourth-order valence-electron chi connectivity index (χ4n) is 2.88. The zero-order valence-corrected chi connectivity index (χ0v) is 14.8. The number of para-hydroxylation sites is 1. The lowest BCUT2D eigenvalue weighted by atomic mass is 10.1. The predicted molar refractivity (Wildman–Crippen MR) is 99.9 cm³/mol. The highest BCUT2D eigenvalue weighted by Crippen LogP contribution is 2.27. The van der Waals surface area contributed by atoms with Gasteiger partial charge in [-0.25, -0.2) is 0 Å². The molecule has 1 atom stereocenters. The number of hydrogen-bond donors (Lipinski definition) is 1. The van der Waals surface area contributed by atoms with Crippen LogP contribution in [0.1, 0.15) is 35.7 Å². The Morgan fingerprint density at radius 1 is 1.21 bits per heavy atom. The largest absolute Gasteiger partial charge is 0.377 e. The van der Waals surface area contributed by atoms with E-state index in [0.717, 1.165) is 53.3 Å². The summed E-state index contributed by atoms with van der Waals surface area (Å²) in [5.41, 5.74) is 2.77. The van der Waals surface area contributed by atoms with Gasteiger partial charge in [0.2, 0.25) is 0 Å². The lowest BCUT2D eigenvalue weighted by Gasteiger charge is -2.13. The van der Waals surface area contributed by atoms with Gasteiger partial charge in [-0.05, 0) is 43.0 Å². The maximum absolute atomic E-state index is 12.7. The lowest BCUT2D eigenvalue weighted by Crippen LogP contribution is -2.15. The molecule has 1 N–H and O–H groups in total. The summed E-state index contributed by atoms with van der Waals surface area (Å²) in [4.78, 5) is 13.8. The van der Waals surface area contributed by atoms with Crippen LogP contribution in [0.25, 0.3) is 0 Å². The Hall–Kier alpha value is -1.78. The molecule has 4 heteroatoms. The van der Waals surface area contributed by atoms with Crippen molar-refractivity contribution >= 4 is 23.4 Å². The molecule has 1 saturated heterocycles. The molecule has 0 saturated carbocycles. The number of nitrogens with one attached hydrogen (secondary N) is 1. The monoisotopic (exact) mass is 341 g/mol. The second-order valence-electron chi connectivity index (χ2n) is 5.91. The lowest BCUT2D eigenvalue weighted by molar-refractivity contribution is 0.102. The van der Waals surface area contributed by atoms with E-state index in [0.29, 0.717) is 6.10 Å². The van der Waals surface area contributed by atoms with Gasteiger partial charge in [-0.2, -0.15) is 0 Å². The van der Waals surface area contributed by atoms with Crippen LogP contribution in [0.15, 0.2) is 53.4 Å². The zero-order chi connectivity index (χ0) is 16.8. The molecule has 1 unspecified atom stereocenters. The molecule has 24 heavy (non-hydrogen) atoms. The van der Waals surface area contributed by atoms with Gasteiger partial charge in [-0.3, -0.25) is 4.79 Å². The molecule has 1 aliphatic heterocycles. The summed E-state index contributed by atoms with van der Waals surface area (Å²) >= 11 is 1.71. The minimum atomic E-state index is -0.0497.